The lowest BCUT2D eigenvalue weighted by atomic mass is 10.2. The van der Waals surface area contributed by atoms with Gasteiger partial charge in [-0.2, -0.15) is 13.2 Å². The van der Waals surface area contributed by atoms with E-state index in [1.54, 1.807) is 11.5 Å². The lowest BCUT2D eigenvalue weighted by Gasteiger charge is -2.22. The summed E-state index contributed by atoms with van der Waals surface area (Å²) < 4.78 is 38.9. The van der Waals surface area contributed by atoms with Crippen LogP contribution in [0.3, 0.4) is 0 Å². The molecule has 30 heavy (non-hydrogen) atoms. The van der Waals surface area contributed by atoms with E-state index in [0.29, 0.717) is 39.1 Å². The largest absolute Gasteiger partial charge is 0.471 e. The molecule has 1 aliphatic rings. The van der Waals surface area contributed by atoms with E-state index >= 15 is 0 Å². The van der Waals surface area contributed by atoms with Crippen molar-refractivity contribution < 1.29 is 22.8 Å². The Labute approximate surface area is 172 Å². The second-order valence-electron chi connectivity index (χ2n) is 7.15. The minimum atomic E-state index is -4.99. The van der Waals surface area contributed by atoms with E-state index in [1.165, 1.54) is 10.5 Å². The molecule has 2 heterocycles. The van der Waals surface area contributed by atoms with Crippen LogP contribution in [0.5, 0.6) is 0 Å². The summed E-state index contributed by atoms with van der Waals surface area (Å²) >= 11 is 0. The van der Waals surface area contributed by atoms with Crippen molar-refractivity contribution in [3.8, 4) is 0 Å². The first-order valence-electron chi connectivity index (χ1n) is 9.72. The molecule has 10 heteroatoms. The Hall–Kier alpha value is -2.88. The SMILES string of the molecule is O=C(CNC(=O)C(F)(F)F)N1CCCN(Cc2nccn2Cc2ccccc2)CC1. The van der Waals surface area contributed by atoms with E-state index in [-0.39, 0.29) is 0 Å². The lowest BCUT2D eigenvalue weighted by Crippen LogP contribution is -2.45. The predicted octanol–water partition coefficient (Wildman–Crippen LogP) is 1.64. The van der Waals surface area contributed by atoms with Gasteiger partial charge in [0.05, 0.1) is 13.1 Å². The van der Waals surface area contributed by atoms with Gasteiger partial charge in [-0.1, -0.05) is 30.3 Å². The van der Waals surface area contributed by atoms with Gasteiger partial charge < -0.3 is 14.8 Å². The summed E-state index contributed by atoms with van der Waals surface area (Å²) in [5.41, 5.74) is 1.17. The van der Waals surface area contributed by atoms with Gasteiger partial charge in [0.1, 0.15) is 5.82 Å². The highest BCUT2D eigenvalue weighted by atomic mass is 19.4. The molecule has 0 atom stereocenters. The summed E-state index contributed by atoms with van der Waals surface area (Å²) in [4.78, 5) is 31.2. The minimum absolute atomic E-state index is 0.389. The van der Waals surface area contributed by atoms with Crippen LogP contribution in [0.15, 0.2) is 42.7 Å². The monoisotopic (exact) mass is 423 g/mol. The summed E-state index contributed by atoms with van der Waals surface area (Å²) in [6, 6.07) is 10.1. The zero-order valence-corrected chi connectivity index (χ0v) is 16.4. The molecule has 1 saturated heterocycles. The molecule has 1 aromatic heterocycles. The van der Waals surface area contributed by atoms with Crippen molar-refractivity contribution in [2.45, 2.75) is 25.7 Å². The fourth-order valence-electron chi connectivity index (χ4n) is 3.36. The Bertz CT molecular complexity index is 854. The number of nitrogens with zero attached hydrogens (tertiary/aromatic N) is 4. The van der Waals surface area contributed by atoms with Crippen molar-refractivity contribution >= 4 is 11.8 Å². The zero-order chi connectivity index (χ0) is 21.6. The molecule has 3 rings (SSSR count). The quantitative estimate of drug-likeness (QED) is 0.767. The molecule has 7 nitrogen and oxygen atoms in total. The first kappa shape index (κ1) is 21.8. The van der Waals surface area contributed by atoms with Gasteiger partial charge >= 0.3 is 12.1 Å². The number of imidazole rings is 1. The van der Waals surface area contributed by atoms with Crippen molar-refractivity contribution in [2.75, 3.05) is 32.7 Å². The molecule has 0 spiro atoms. The number of benzene rings is 1. The Morgan fingerprint density at radius 3 is 2.53 bits per heavy atom. The van der Waals surface area contributed by atoms with Crippen LogP contribution >= 0.6 is 0 Å². The Morgan fingerprint density at radius 2 is 1.80 bits per heavy atom. The maximum absolute atomic E-state index is 12.3. The molecule has 1 aromatic carbocycles. The summed E-state index contributed by atoms with van der Waals surface area (Å²) in [6.45, 7) is 2.84. The van der Waals surface area contributed by atoms with Gasteiger partial charge in [-0.05, 0) is 12.0 Å². The smallest absolute Gasteiger partial charge is 0.340 e. The number of aromatic nitrogens is 2. The van der Waals surface area contributed by atoms with E-state index < -0.39 is 24.5 Å². The van der Waals surface area contributed by atoms with Crippen molar-refractivity contribution in [1.82, 2.24) is 24.7 Å². The number of hydrogen-bond acceptors (Lipinski definition) is 4. The van der Waals surface area contributed by atoms with Gasteiger partial charge in [-0.3, -0.25) is 14.5 Å². The minimum Gasteiger partial charge on any atom is -0.340 e. The molecule has 162 valence electrons. The summed E-state index contributed by atoms with van der Waals surface area (Å²) in [5.74, 6) is -1.70. The highest BCUT2D eigenvalue weighted by molar-refractivity contribution is 5.87. The van der Waals surface area contributed by atoms with Crippen LogP contribution in [0.25, 0.3) is 0 Å². The number of amides is 2. The van der Waals surface area contributed by atoms with Crippen LogP contribution in [0.1, 0.15) is 17.8 Å². The van der Waals surface area contributed by atoms with Gasteiger partial charge in [0.25, 0.3) is 0 Å². The van der Waals surface area contributed by atoms with E-state index in [2.05, 4.69) is 26.6 Å². The highest BCUT2D eigenvalue weighted by Gasteiger charge is 2.38. The van der Waals surface area contributed by atoms with Crippen molar-refractivity contribution in [1.29, 1.82) is 0 Å². The van der Waals surface area contributed by atoms with Crippen LogP contribution in [0.4, 0.5) is 13.2 Å². The van der Waals surface area contributed by atoms with Gasteiger partial charge in [-0.15, -0.1) is 0 Å². The van der Waals surface area contributed by atoms with E-state index in [4.69, 9.17) is 0 Å². The number of nitrogens with one attached hydrogen (secondary N) is 1. The molecule has 1 aliphatic heterocycles. The zero-order valence-electron chi connectivity index (χ0n) is 16.4. The standard InChI is InChI=1S/C20H24F3N5O2/c21-20(22,23)19(30)25-13-18(29)27-9-4-8-26(11-12-27)15-17-24-7-10-28(17)14-16-5-2-1-3-6-16/h1-3,5-7,10H,4,8-9,11-15H2,(H,25,30). The fourth-order valence-corrected chi connectivity index (χ4v) is 3.36. The first-order valence-corrected chi connectivity index (χ1v) is 9.72. The van der Waals surface area contributed by atoms with Crippen LogP contribution in [0, 0.1) is 0 Å². The third-order valence-electron chi connectivity index (χ3n) is 4.96. The van der Waals surface area contributed by atoms with Crippen LogP contribution < -0.4 is 5.32 Å². The molecule has 1 N–H and O–H groups in total. The lowest BCUT2D eigenvalue weighted by molar-refractivity contribution is -0.174. The van der Waals surface area contributed by atoms with Gasteiger partial charge in [0.15, 0.2) is 0 Å². The third kappa shape index (κ3) is 6.06. The second kappa shape index (κ2) is 9.75. The van der Waals surface area contributed by atoms with Crippen LogP contribution in [0.2, 0.25) is 0 Å². The maximum Gasteiger partial charge on any atom is 0.471 e. The van der Waals surface area contributed by atoms with Gasteiger partial charge in [0, 0.05) is 45.1 Å². The van der Waals surface area contributed by atoms with Gasteiger partial charge in [0.2, 0.25) is 5.91 Å². The number of carbonyl (C=O) groups is 2. The normalized spacial score (nSPS) is 15.6. The summed E-state index contributed by atoms with van der Waals surface area (Å²) in [7, 11) is 0. The number of hydrogen-bond donors (Lipinski definition) is 1. The molecule has 1 fully saturated rings. The number of alkyl halides is 3. The maximum atomic E-state index is 12.3. The molecule has 0 unspecified atom stereocenters. The van der Waals surface area contributed by atoms with Gasteiger partial charge in [-0.25, -0.2) is 4.98 Å². The van der Waals surface area contributed by atoms with E-state index in [9.17, 15) is 22.8 Å². The Kier molecular flexibility index (Phi) is 7.09. The van der Waals surface area contributed by atoms with Crippen LogP contribution in [-0.2, 0) is 22.7 Å². The fraction of sp³-hybridized carbons (Fsp3) is 0.450. The number of halogens is 3. The third-order valence-corrected chi connectivity index (χ3v) is 4.96. The van der Waals surface area contributed by atoms with Crippen molar-refractivity contribution in [3.05, 3.63) is 54.1 Å². The number of rotatable bonds is 6. The Balaban J connectivity index is 1.51. The molecule has 2 aromatic rings. The average molecular weight is 423 g/mol. The average Bonchev–Trinajstić information content (AvgIpc) is 3.00. The molecular formula is C20H24F3N5O2. The van der Waals surface area contributed by atoms with Crippen LogP contribution in [-0.4, -0.2) is 70.1 Å². The molecule has 0 aliphatic carbocycles. The van der Waals surface area contributed by atoms with Crippen molar-refractivity contribution in [3.63, 3.8) is 0 Å². The molecule has 0 radical (unpaired) electrons. The second-order valence-corrected chi connectivity index (χ2v) is 7.15. The Morgan fingerprint density at radius 1 is 1.03 bits per heavy atom. The molecule has 2 amide bonds. The first-order chi connectivity index (χ1) is 14.3. The topological polar surface area (TPSA) is 70.5 Å². The highest BCUT2D eigenvalue weighted by Crippen LogP contribution is 2.14. The number of carbonyl (C=O) groups excluding carboxylic acids is 2. The molecule has 0 saturated carbocycles. The van der Waals surface area contributed by atoms with E-state index in [1.807, 2.05) is 24.4 Å². The molecular weight excluding hydrogens is 399 g/mol. The summed E-state index contributed by atoms with van der Waals surface area (Å²) in [5, 5.41) is 1.64. The summed E-state index contributed by atoms with van der Waals surface area (Å²) in [6.07, 6.45) is -0.607. The van der Waals surface area contributed by atoms with Crippen molar-refractivity contribution in [2.24, 2.45) is 0 Å². The predicted molar refractivity (Wildman–Crippen MR) is 103 cm³/mol. The molecule has 0 bridgehead atoms. The van der Waals surface area contributed by atoms with E-state index in [0.717, 1.165) is 12.4 Å².